The Hall–Kier alpha value is -2.52. The van der Waals surface area contributed by atoms with E-state index in [0.29, 0.717) is 12.8 Å². The smallest absolute Gasteiger partial charge is 0.163 e. The summed E-state index contributed by atoms with van der Waals surface area (Å²) in [6.45, 7) is 3.88. The topological polar surface area (TPSA) is 18.5 Å². The Balaban J connectivity index is 1.63. The molecule has 0 aromatic heterocycles. The second-order valence-corrected chi connectivity index (χ2v) is 6.46. The Bertz CT molecular complexity index is 732. The van der Waals surface area contributed by atoms with Crippen LogP contribution in [0.5, 0.6) is 0 Å². The maximum Gasteiger partial charge on any atom is 0.163 e. The quantitative estimate of drug-likeness (QED) is 0.760. The minimum atomic E-state index is -0.585. The lowest BCUT2D eigenvalue weighted by atomic mass is 10.1. The van der Waals surface area contributed by atoms with Gasteiger partial charge in [-0.1, -0.05) is 60.1 Å². The van der Waals surface area contributed by atoms with E-state index in [-0.39, 0.29) is 12.2 Å². The van der Waals surface area contributed by atoms with E-state index in [9.17, 15) is 0 Å². The van der Waals surface area contributed by atoms with Crippen LogP contribution in [0.2, 0.25) is 0 Å². The van der Waals surface area contributed by atoms with E-state index in [4.69, 9.17) is 9.47 Å². The molecule has 0 bridgehead atoms. The van der Waals surface area contributed by atoms with Crippen LogP contribution >= 0.6 is 0 Å². The summed E-state index contributed by atoms with van der Waals surface area (Å²) in [4.78, 5) is 0. The SMILES string of the molecule is CC1(C)O[C@@H](CC#Cc2ccccc2)[C@H](CC#Cc2ccccc2)O1. The van der Waals surface area contributed by atoms with Crippen LogP contribution in [0.3, 0.4) is 0 Å². The fraction of sp³-hybridized carbons (Fsp3) is 0.304. The standard InChI is InChI=1S/C23H22O2/c1-23(2)24-21(17-9-15-19-11-5-3-6-12-19)22(25-23)18-10-16-20-13-7-4-8-14-20/h3-8,11-14,21-22H,17-18H2,1-2H3/t21-,22-/m0/s1. The van der Waals surface area contributed by atoms with Gasteiger partial charge in [0.1, 0.15) is 0 Å². The van der Waals surface area contributed by atoms with Crippen LogP contribution in [-0.4, -0.2) is 18.0 Å². The Labute approximate surface area is 150 Å². The molecule has 2 aromatic carbocycles. The molecule has 2 heteroatoms. The number of hydrogen-bond donors (Lipinski definition) is 0. The average molecular weight is 330 g/mol. The molecule has 2 aromatic rings. The molecule has 1 aliphatic heterocycles. The molecule has 1 fully saturated rings. The van der Waals surface area contributed by atoms with Crippen LogP contribution in [0.25, 0.3) is 0 Å². The van der Waals surface area contributed by atoms with E-state index >= 15 is 0 Å². The highest BCUT2D eigenvalue weighted by molar-refractivity contribution is 5.34. The Kier molecular flexibility index (Phi) is 5.56. The summed E-state index contributed by atoms with van der Waals surface area (Å²) >= 11 is 0. The molecule has 0 radical (unpaired) electrons. The third-order valence-electron chi connectivity index (χ3n) is 3.90. The van der Waals surface area contributed by atoms with Crippen LogP contribution in [0.1, 0.15) is 37.8 Å². The van der Waals surface area contributed by atoms with Crippen LogP contribution < -0.4 is 0 Å². The van der Waals surface area contributed by atoms with Gasteiger partial charge in [-0.15, -0.1) is 0 Å². The lowest BCUT2D eigenvalue weighted by molar-refractivity contribution is -0.145. The molecule has 1 saturated heterocycles. The maximum absolute atomic E-state index is 6.01. The molecule has 1 heterocycles. The van der Waals surface area contributed by atoms with Gasteiger partial charge in [-0.3, -0.25) is 0 Å². The molecular formula is C23H22O2. The third-order valence-corrected chi connectivity index (χ3v) is 3.90. The lowest BCUT2D eigenvalue weighted by Crippen LogP contribution is -2.21. The van der Waals surface area contributed by atoms with Crippen LogP contribution in [0.15, 0.2) is 60.7 Å². The molecule has 2 nitrogen and oxygen atoms in total. The Morgan fingerprint density at radius 2 is 1.12 bits per heavy atom. The van der Waals surface area contributed by atoms with Crippen molar-refractivity contribution in [3.05, 3.63) is 71.8 Å². The van der Waals surface area contributed by atoms with Gasteiger partial charge < -0.3 is 9.47 Å². The van der Waals surface area contributed by atoms with Crippen LogP contribution in [-0.2, 0) is 9.47 Å². The number of rotatable bonds is 2. The van der Waals surface area contributed by atoms with Crippen molar-refractivity contribution in [2.45, 2.75) is 44.7 Å². The van der Waals surface area contributed by atoms with E-state index < -0.39 is 5.79 Å². The van der Waals surface area contributed by atoms with Gasteiger partial charge in [-0.05, 0) is 38.1 Å². The molecule has 3 rings (SSSR count). The first-order valence-electron chi connectivity index (χ1n) is 8.56. The van der Waals surface area contributed by atoms with Crippen molar-refractivity contribution in [3.8, 4) is 23.7 Å². The highest BCUT2D eigenvalue weighted by Crippen LogP contribution is 2.31. The zero-order chi connectivity index (χ0) is 17.5. The van der Waals surface area contributed by atoms with Gasteiger partial charge in [0.2, 0.25) is 0 Å². The van der Waals surface area contributed by atoms with E-state index in [2.05, 4.69) is 23.7 Å². The summed E-state index contributed by atoms with van der Waals surface area (Å²) < 4.78 is 12.0. The predicted molar refractivity (Wildman–Crippen MR) is 99.7 cm³/mol. The normalized spacial score (nSPS) is 20.9. The van der Waals surface area contributed by atoms with Crippen molar-refractivity contribution >= 4 is 0 Å². The number of hydrogen-bond acceptors (Lipinski definition) is 2. The van der Waals surface area contributed by atoms with Crippen molar-refractivity contribution < 1.29 is 9.47 Å². The minimum Gasteiger partial charge on any atom is -0.344 e. The van der Waals surface area contributed by atoms with Gasteiger partial charge in [0, 0.05) is 24.0 Å². The molecule has 0 N–H and O–H groups in total. The van der Waals surface area contributed by atoms with Gasteiger partial charge in [0.05, 0.1) is 12.2 Å². The van der Waals surface area contributed by atoms with Crippen molar-refractivity contribution in [1.29, 1.82) is 0 Å². The van der Waals surface area contributed by atoms with Gasteiger partial charge in [0.15, 0.2) is 5.79 Å². The minimum absolute atomic E-state index is 0.0590. The molecule has 1 aliphatic rings. The molecule has 126 valence electrons. The summed E-state index contributed by atoms with van der Waals surface area (Å²) in [7, 11) is 0. The van der Waals surface area contributed by atoms with Gasteiger partial charge in [-0.25, -0.2) is 0 Å². The lowest BCUT2D eigenvalue weighted by Gasteiger charge is -2.16. The first-order valence-corrected chi connectivity index (χ1v) is 8.56. The molecule has 25 heavy (non-hydrogen) atoms. The molecule has 0 saturated carbocycles. The highest BCUT2D eigenvalue weighted by Gasteiger charge is 2.40. The monoisotopic (exact) mass is 330 g/mol. The van der Waals surface area contributed by atoms with Gasteiger partial charge in [-0.2, -0.15) is 0 Å². The summed E-state index contributed by atoms with van der Waals surface area (Å²) in [5.74, 6) is 12.2. The zero-order valence-corrected chi connectivity index (χ0v) is 14.7. The summed E-state index contributed by atoms with van der Waals surface area (Å²) in [5.41, 5.74) is 2.03. The Morgan fingerprint density at radius 1 is 0.720 bits per heavy atom. The van der Waals surface area contributed by atoms with Crippen molar-refractivity contribution in [2.75, 3.05) is 0 Å². The first kappa shape index (κ1) is 17.3. The van der Waals surface area contributed by atoms with Gasteiger partial charge in [0.25, 0.3) is 0 Å². The first-order chi connectivity index (χ1) is 12.1. The second-order valence-electron chi connectivity index (χ2n) is 6.46. The molecule has 0 aliphatic carbocycles. The number of ether oxygens (including phenoxy) is 2. The van der Waals surface area contributed by atoms with Crippen LogP contribution in [0.4, 0.5) is 0 Å². The molecule has 0 spiro atoms. The molecular weight excluding hydrogens is 308 g/mol. The van der Waals surface area contributed by atoms with Crippen molar-refractivity contribution in [1.82, 2.24) is 0 Å². The highest BCUT2D eigenvalue weighted by atomic mass is 16.7. The largest absolute Gasteiger partial charge is 0.344 e. The third kappa shape index (κ3) is 5.23. The van der Waals surface area contributed by atoms with Crippen molar-refractivity contribution in [3.63, 3.8) is 0 Å². The second kappa shape index (κ2) is 8.04. The predicted octanol–water partition coefficient (Wildman–Crippen LogP) is 4.39. The molecule has 2 atom stereocenters. The Morgan fingerprint density at radius 3 is 1.52 bits per heavy atom. The summed E-state index contributed by atoms with van der Waals surface area (Å²) in [6.07, 6.45) is 1.15. The molecule has 0 amide bonds. The summed E-state index contributed by atoms with van der Waals surface area (Å²) in [6, 6.07) is 20.0. The van der Waals surface area contributed by atoms with E-state index in [0.717, 1.165) is 11.1 Å². The van der Waals surface area contributed by atoms with E-state index in [1.165, 1.54) is 0 Å². The van der Waals surface area contributed by atoms with E-state index in [1.54, 1.807) is 0 Å². The number of benzene rings is 2. The fourth-order valence-electron chi connectivity index (χ4n) is 2.81. The zero-order valence-electron chi connectivity index (χ0n) is 14.7. The van der Waals surface area contributed by atoms with E-state index in [1.807, 2.05) is 74.5 Å². The van der Waals surface area contributed by atoms with Crippen LogP contribution in [0, 0.1) is 23.7 Å². The van der Waals surface area contributed by atoms with Gasteiger partial charge >= 0.3 is 0 Å². The fourth-order valence-corrected chi connectivity index (χ4v) is 2.81. The average Bonchev–Trinajstić information content (AvgIpc) is 2.91. The molecule has 0 unspecified atom stereocenters. The van der Waals surface area contributed by atoms with Crippen molar-refractivity contribution in [2.24, 2.45) is 0 Å². The maximum atomic E-state index is 6.01. The summed E-state index contributed by atoms with van der Waals surface area (Å²) in [5, 5.41) is 0.